The van der Waals surface area contributed by atoms with Crippen LogP contribution in [0.15, 0.2) is 91.0 Å². The van der Waals surface area contributed by atoms with Gasteiger partial charge in [-0.15, -0.1) is 0 Å². The topological polar surface area (TPSA) is 148 Å². The monoisotopic (exact) mass is 643 g/mol. The number of esters is 1. The zero-order valence-electron chi connectivity index (χ0n) is 25.7. The number of aryl methyl sites for hydroxylation is 1. The molecule has 0 heterocycles. The highest BCUT2D eigenvalue weighted by atomic mass is 19.4. The number of ether oxygens (including phenoxy) is 1. The van der Waals surface area contributed by atoms with Crippen molar-refractivity contribution in [3.05, 3.63) is 108 Å². The van der Waals surface area contributed by atoms with E-state index in [0.29, 0.717) is 19.3 Å². The minimum Gasteiger partial charge on any atom is -0.475 e. The molecular weight excluding hydrogens is 603 g/mol. The Morgan fingerprint density at radius 1 is 0.761 bits per heavy atom. The first-order valence-electron chi connectivity index (χ1n) is 14.7. The van der Waals surface area contributed by atoms with Crippen LogP contribution in [0.25, 0.3) is 0 Å². The first-order valence-corrected chi connectivity index (χ1v) is 14.7. The van der Waals surface area contributed by atoms with Crippen LogP contribution in [0.5, 0.6) is 0 Å². The first-order chi connectivity index (χ1) is 21.8. The van der Waals surface area contributed by atoms with Gasteiger partial charge in [0.15, 0.2) is 0 Å². The van der Waals surface area contributed by atoms with Gasteiger partial charge in [0, 0.05) is 6.42 Å². The fraction of sp³-hybridized carbons (Fsp3) is 0.353. The summed E-state index contributed by atoms with van der Waals surface area (Å²) in [4.78, 5) is 48.3. The van der Waals surface area contributed by atoms with Gasteiger partial charge in [-0.25, -0.2) is 9.59 Å². The van der Waals surface area contributed by atoms with Crippen molar-refractivity contribution in [1.29, 1.82) is 0 Å². The number of halogens is 3. The predicted molar refractivity (Wildman–Crippen MR) is 166 cm³/mol. The van der Waals surface area contributed by atoms with Crippen molar-refractivity contribution in [3.63, 3.8) is 0 Å². The molecular formula is C34H40F3N3O6. The van der Waals surface area contributed by atoms with Crippen LogP contribution < -0.4 is 16.4 Å². The minimum absolute atomic E-state index is 0.100. The summed E-state index contributed by atoms with van der Waals surface area (Å²) in [5.41, 5.74) is 9.00. The summed E-state index contributed by atoms with van der Waals surface area (Å²) in [5, 5.41) is 12.8. The highest BCUT2D eigenvalue weighted by Gasteiger charge is 2.38. The molecule has 248 valence electrons. The third kappa shape index (κ3) is 14.4. The quantitative estimate of drug-likeness (QED) is 0.188. The molecule has 0 bridgehead atoms. The van der Waals surface area contributed by atoms with Crippen LogP contribution in [0, 0.1) is 5.92 Å². The maximum atomic E-state index is 13.4. The number of alkyl halides is 3. The van der Waals surface area contributed by atoms with E-state index in [-0.39, 0.29) is 18.9 Å². The summed E-state index contributed by atoms with van der Waals surface area (Å²) in [6.45, 7) is 4.04. The van der Waals surface area contributed by atoms with E-state index >= 15 is 0 Å². The van der Waals surface area contributed by atoms with E-state index in [1.165, 1.54) is 0 Å². The number of amides is 2. The third-order valence-corrected chi connectivity index (χ3v) is 6.61. The summed E-state index contributed by atoms with van der Waals surface area (Å²) >= 11 is 0. The van der Waals surface area contributed by atoms with E-state index in [2.05, 4.69) is 10.6 Å². The van der Waals surface area contributed by atoms with Crippen LogP contribution in [-0.4, -0.2) is 53.2 Å². The summed E-state index contributed by atoms with van der Waals surface area (Å²) in [6.07, 6.45) is -3.31. The van der Waals surface area contributed by atoms with Crippen LogP contribution in [-0.2, 0) is 43.4 Å². The maximum absolute atomic E-state index is 13.4. The minimum atomic E-state index is -5.08. The Kier molecular flexibility index (Phi) is 15.4. The van der Waals surface area contributed by atoms with Gasteiger partial charge < -0.3 is 26.2 Å². The van der Waals surface area contributed by atoms with Crippen molar-refractivity contribution < 1.29 is 42.2 Å². The van der Waals surface area contributed by atoms with Gasteiger partial charge in [0.05, 0.1) is 6.04 Å². The number of aliphatic carboxylic acids is 1. The summed E-state index contributed by atoms with van der Waals surface area (Å²) < 4.78 is 37.3. The van der Waals surface area contributed by atoms with Crippen molar-refractivity contribution in [1.82, 2.24) is 10.6 Å². The largest absolute Gasteiger partial charge is 0.490 e. The van der Waals surface area contributed by atoms with Crippen molar-refractivity contribution >= 4 is 23.8 Å². The molecule has 12 heteroatoms. The molecule has 5 N–H and O–H groups in total. The third-order valence-electron chi connectivity index (χ3n) is 6.61. The summed E-state index contributed by atoms with van der Waals surface area (Å²) in [6, 6.07) is 26.1. The number of carboxylic acids is 1. The number of carbonyl (C=O) groups excluding carboxylic acids is 3. The van der Waals surface area contributed by atoms with Gasteiger partial charge in [-0.3, -0.25) is 9.59 Å². The average Bonchev–Trinajstić information content (AvgIpc) is 3.02. The van der Waals surface area contributed by atoms with Crippen LogP contribution in [0.3, 0.4) is 0 Å². The molecule has 0 saturated carbocycles. The lowest BCUT2D eigenvalue weighted by atomic mass is 10.00. The summed E-state index contributed by atoms with van der Waals surface area (Å²) in [7, 11) is 0. The molecule has 0 aliphatic rings. The Morgan fingerprint density at radius 2 is 1.22 bits per heavy atom. The molecule has 0 spiro atoms. The van der Waals surface area contributed by atoms with E-state index in [4.69, 9.17) is 20.4 Å². The number of benzene rings is 3. The Balaban J connectivity index is 0.000000942. The highest BCUT2D eigenvalue weighted by molar-refractivity contribution is 5.92. The van der Waals surface area contributed by atoms with Gasteiger partial charge in [-0.2, -0.15) is 13.2 Å². The number of hydrogen-bond donors (Lipinski definition) is 4. The maximum Gasteiger partial charge on any atom is 0.490 e. The fourth-order valence-corrected chi connectivity index (χ4v) is 4.22. The van der Waals surface area contributed by atoms with Crippen LogP contribution in [0.2, 0.25) is 0 Å². The van der Waals surface area contributed by atoms with Gasteiger partial charge in [0.2, 0.25) is 11.8 Å². The lowest BCUT2D eigenvalue weighted by molar-refractivity contribution is -0.192. The smallest absolute Gasteiger partial charge is 0.475 e. The molecule has 3 unspecified atom stereocenters. The van der Waals surface area contributed by atoms with Crippen molar-refractivity contribution in [2.24, 2.45) is 11.7 Å². The van der Waals surface area contributed by atoms with Gasteiger partial charge in [0.1, 0.15) is 18.7 Å². The number of carbonyl (C=O) groups is 4. The highest BCUT2D eigenvalue weighted by Crippen LogP contribution is 2.13. The molecule has 0 radical (unpaired) electrons. The number of nitrogens with two attached hydrogens (primary N) is 1. The molecule has 46 heavy (non-hydrogen) atoms. The summed E-state index contributed by atoms with van der Waals surface area (Å²) in [5.74, 6) is -4.00. The van der Waals surface area contributed by atoms with Crippen molar-refractivity contribution in [2.75, 3.05) is 0 Å². The molecule has 3 rings (SSSR count). The average molecular weight is 644 g/mol. The van der Waals surface area contributed by atoms with Gasteiger partial charge >= 0.3 is 18.1 Å². The van der Waals surface area contributed by atoms with Crippen LogP contribution in [0.4, 0.5) is 13.2 Å². The number of rotatable bonds is 14. The van der Waals surface area contributed by atoms with Crippen molar-refractivity contribution in [2.45, 2.75) is 70.4 Å². The second-order valence-electron chi connectivity index (χ2n) is 11.0. The van der Waals surface area contributed by atoms with E-state index in [1.807, 2.05) is 105 Å². The number of nitrogens with one attached hydrogen (secondary N) is 2. The van der Waals surface area contributed by atoms with E-state index in [9.17, 15) is 27.6 Å². The molecule has 0 aliphatic carbocycles. The molecule has 0 aliphatic heterocycles. The lowest BCUT2D eigenvalue weighted by Crippen LogP contribution is -2.55. The van der Waals surface area contributed by atoms with Gasteiger partial charge in [-0.05, 0) is 41.9 Å². The molecule has 0 saturated heterocycles. The number of carboxylic acid groups (broad SMARTS) is 1. The van der Waals surface area contributed by atoms with Crippen molar-refractivity contribution in [3.8, 4) is 0 Å². The van der Waals surface area contributed by atoms with Crippen LogP contribution >= 0.6 is 0 Å². The lowest BCUT2D eigenvalue weighted by Gasteiger charge is -2.25. The van der Waals surface area contributed by atoms with Crippen LogP contribution in [0.1, 0.15) is 43.4 Å². The first kappa shape index (κ1) is 37.5. The van der Waals surface area contributed by atoms with E-state index < -0.39 is 48.1 Å². The molecule has 0 aromatic heterocycles. The standard InChI is InChI=1S/C32H39N3O4.C2HF3O2/c1-23(2)20-28(34-30(36)27(33)19-18-24-12-6-3-7-13-24)31(37)35-29(21-25-14-8-4-9-15-25)32(38)39-22-26-16-10-5-11-17-26;3-2(4,5)1(6)7/h3-17,23,27-29H,18-22,33H2,1-2H3,(H,34,36)(H,35,37);(H,6,7). The van der Waals surface area contributed by atoms with Gasteiger partial charge in [-0.1, -0.05) is 105 Å². The molecule has 0 fully saturated rings. The molecule has 3 atom stereocenters. The Hall–Kier alpha value is -4.71. The zero-order chi connectivity index (χ0) is 34.1. The predicted octanol–water partition coefficient (Wildman–Crippen LogP) is 4.58. The van der Waals surface area contributed by atoms with E-state index in [1.54, 1.807) is 0 Å². The normalized spacial score (nSPS) is 12.9. The second-order valence-corrected chi connectivity index (χ2v) is 11.0. The zero-order valence-corrected chi connectivity index (χ0v) is 25.7. The van der Waals surface area contributed by atoms with E-state index in [0.717, 1.165) is 16.7 Å². The Labute approximate surface area is 266 Å². The number of hydrogen-bond acceptors (Lipinski definition) is 6. The fourth-order valence-electron chi connectivity index (χ4n) is 4.22. The SMILES string of the molecule is CC(C)CC(NC(=O)C(N)CCc1ccccc1)C(=O)NC(Cc1ccccc1)C(=O)OCc1ccccc1.O=C(O)C(F)(F)F. The Morgan fingerprint density at radius 3 is 1.70 bits per heavy atom. The molecule has 9 nitrogen and oxygen atoms in total. The Bertz CT molecular complexity index is 1370. The van der Waals surface area contributed by atoms with Gasteiger partial charge in [0.25, 0.3) is 0 Å². The molecule has 2 amide bonds. The molecule has 3 aromatic carbocycles. The second kappa shape index (κ2) is 18.9. The molecule has 3 aromatic rings.